The van der Waals surface area contributed by atoms with Gasteiger partial charge in [-0.15, -0.1) is 5.10 Å². The topological polar surface area (TPSA) is 75.9 Å². The van der Waals surface area contributed by atoms with Crippen LogP contribution >= 0.6 is 0 Å². The van der Waals surface area contributed by atoms with Gasteiger partial charge in [-0.2, -0.15) is 0 Å². The first-order chi connectivity index (χ1) is 11.4. The van der Waals surface area contributed by atoms with Crippen LogP contribution in [0, 0.1) is 20.8 Å². The lowest BCUT2D eigenvalue weighted by Crippen LogP contribution is -2.31. The van der Waals surface area contributed by atoms with E-state index < -0.39 is 0 Å². The van der Waals surface area contributed by atoms with E-state index in [2.05, 4.69) is 46.8 Å². The zero-order chi connectivity index (χ0) is 17.7. The Morgan fingerprint density at radius 3 is 2.54 bits per heavy atom. The summed E-state index contributed by atoms with van der Waals surface area (Å²) >= 11 is 0. The van der Waals surface area contributed by atoms with Crippen LogP contribution in [0.4, 0.5) is 5.69 Å². The van der Waals surface area contributed by atoms with Gasteiger partial charge in [0, 0.05) is 12.2 Å². The molecule has 7 nitrogen and oxygen atoms in total. The lowest BCUT2D eigenvalue weighted by Gasteiger charge is -2.17. The number of aromatic nitrogens is 4. The van der Waals surface area contributed by atoms with Crippen molar-refractivity contribution in [1.82, 2.24) is 25.1 Å². The number of hydrogen-bond donors (Lipinski definition) is 1. The molecule has 0 radical (unpaired) electrons. The van der Waals surface area contributed by atoms with Gasteiger partial charge in [-0.1, -0.05) is 24.6 Å². The van der Waals surface area contributed by atoms with E-state index in [0.29, 0.717) is 6.54 Å². The molecular formula is C17H26N6O. The molecule has 2 aromatic rings. The largest absolute Gasteiger partial charge is 0.324 e. The average molecular weight is 330 g/mol. The highest BCUT2D eigenvalue weighted by Crippen LogP contribution is 2.21. The summed E-state index contributed by atoms with van der Waals surface area (Å²) in [5, 5.41) is 14.7. The number of nitrogens with one attached hydrogen (secondary N) is 1. The molecule has 0 unspecified atom stereocenters. The van der Waals surface area contributed by atoms with Crippen LogP contribution in [0.5, 0.6) is 0 Å². The number of carbonyl (C=O) groups excluding carboxylic acids is 1. The average Bonchev–Trinajstić information content (AvgIpc) is 2.90. The van der Waals surface area contributed by atoms with Crippen molar-refractivity contribution in [3.8, 4) is 0 Å². The molecule has 0 aliphatic heterocycles. The Labute approximate surface area is 143 Å². The molecular weight excluding hydrogens is 304 g/mol. The van der Waals surface area contributed by atoms with Crippen LogP contribution in [-0.2, 0) is 17.9 Å². The van der Waals surface area contributed by atoms with E-state index in [9.17, 15) is 4.79 Å². The minimum Gasteiger partial charge on any atom is -0.324 e. The molecule has 0 aliphatic carbocycles. The van der Waals surface area contributed by atoms with Crippen molar-refractivity contribution in [2.45, 2.75) is 47.2 Å². The van der Waals surface area contributed by atoms with E-state index in [1.807, 2.05) is 25.8 Å². The number of benzene rings is 1. The highest BCUT2D eigenvalue weighted by molar-refractivity contribution is 5.93. The van der Waals surface area contributed by atoms with Crippen molar-refractivity contribution in [3.63, 3.8) is 0 Å². The predicted molar refractivity (Wildman–Crippen MR) is 93.7 cm³/mol. The Kier molecular flexibility index (Phi) is 6.03. The number of tetrazole rings is 1. The van der Waals surface area contributed by atoms with Gasteiger partial charge < -0.3 is 5.32 Å². The quantitative estimate of drug-likeness (QED) is 0.841. The van der Waals surface area contributed by atoms with E-state index in [-0.39, 0.29) is 12.5 Å². The summed E-state index contributed by atoms with van der Waals surface area (Å²) < 4.78 is 1.78. The maximum absolute atomic E-state index is 12.3. The lowest BCUT2D eigenvalue weighted by molar-refractivity contribution is -0.117. The molecule has 0 saturated carbocycles. The molecule has 1 amide bonds. The molecule has 0 bridgehead atoms. The van der Waals surface area contributed by atoms with Gasteiger partial charge in [-0.3, -0.25) is 9.69 Å². The molecule has 1 N–H and O–H groups in total. The lowest BCUT2D eigenvalue weighted by atomic mass is 10.1. The molecule has 0 aliphatic rings. The van der Waals surface area contributed by atoms with Gasteiger partial charge in [0.05, 0.1) is 13.1 Å². The first-order valence-corrected chi connectivity index (χ1v) is 8.22. The second-order valence-corrected chi connectivity index (χ2v) is 6.31. The highest BCUT2D eigenvalue weighted by Gasteiger charge is 2.13. The fourth-order valence-electron chi connectivity index (χ4n) is 2.82. The first kappa shape index (κ1) is 18.1. The van der Waals surface area contributed by atoms with Crippen molar-refractivity contribution in [3.05, 3.63) is 34.6 Å². The molecule has 1 aromatic carbocycles. The number of amides is 1. The summed E-state index contributed by atoms with van der Waals surface area (Å²) in [5.74, 6) is 0.733. The van der Waals surface area contributed by atoms with Gasteiger partial charge in [0.15, 0.2) is 5.82 Å². The van der Waals surface area contributed by atoms with Gasteiger partial charge in [-0.05, 0) is 55.8 Å². The Balaban J connectivity index is 1.96. The van der Waals surface area contributed by atoms with Crippen LogP contribution in [0.3, 0.4) is 0 Å². The number of nitrogens with zero attached hydrogens (tertiary/aromatic N) is 5. The number of aryl methyl sites for hydroxylation is 4. The number of anilines is 1. The van der Waals surface area contributed by atoms with E-state index in [0.717, 1.165) is 35.6 Å². The zero-order valence-corrected chi connectivity index (χ0v) is 15.1. The standard InChI is InChI=1S/C17H26N6O/c1-6-7-23-15(19-20-21-23)10-22(5)11-16(24)18-17-13(3)8-12(2)9-14(17)4/h8-9H,6-7,10-11H2,1-5H3,(H,18,24). The maximum atomic E-state index is 12.3. The Bertz CT molecular complexity index is 686. The monoisotopic (exact) mass is 330 g/mol. The molecule has 2 rings (SSSR count). The zero-order valence-electron chi connectivity index (χ0n) is 15.1. The second kappa shape index (κ2) is 8.01. The molecule has 130 valence electrons. The van der Waals surface area contributed by atoms with Gasteiger partial charge in [-0.25, -0.2) is 4.68 Å². The summed E-state index contributed by atoms with van der Waals surface area (Å²) in [5.41, 5.74) is 4.25. The van der Waals surface area contributed by atoms with E-state index in [1.165, 1.54) is 5.56 Å². The van der Waals surface area contributed by atoms with Crippen LogP contribution in [0.2, 0.25) is 0 Å². The minimum absolute atomic E-state index is 0.0398. The Morgan fingerprint density at radius 2 is 1.92 bits per heavy atom. The van der Waals surface area contributed by atoms with Crippen molar-refractivity contribution < 1.29 is 4.79 Å². The highest BCUT2D eigenvalue weighted by atomic mass is 16.2. The van der Waals surface area contributed by atoms with Crippen molar-refractivity contribution in [1.29, 1.82) is 0 Å². The molecule has 1 aromatic heterocycles. The van der Waals surface area contributed by atoms with Crippen LogP contribution < -0.4 is 5.32 Å². The van der Waals surface area contributed by atoms with Gasteiger partial charge in [0.25, 0.3) is 0 Å². The minimum atomic E-state index is -0.0398. The summed E-state index contributed by atoms with van der Waals surface area (Å²) in [6.45, 7) is 9.76. The number of rotatable bonds is 7. The smallest absolute Gasteiger partial charge is 0.238 e. The Hall–Kier alpha value is -2.28. The van der Waals surface area contributed by atoms with Gasteiger partial charge in [0.2, 0.25) is 5.91 Å². The number of carbonyl (C=O) groups is 1. The third kappa shape index (κ3) is 4.61. The molecule has 1 heterocycles. The van der Waals surface area contributed by atoms with Gasteiger partial charge in [0.1, 0.15) is 0 Å². The van der Waals surface area contributed by atoms with Crippen molar-refractivity contribution in [2.75, 3.05) is 18.9 Å². The van der Waals surface area contributed by atoms with Crippen LogP contribution in [0.25, 0.3) is 0 Å². The molecule has 0 fully saturated rings. The van der Waals surface area contributed by atoms with Gasteiger partial charge >= 0.3 is 0 Å². The third-order valence-corrected chi connectivity index (χ3v) is 3.81. The summed E-state index contributed by atoms with van der Waals surface area (Å²) in [6, 6.07) is 4.15. The van der Waals surface area contributed by atoms with Crippen LogP contribution in [0.1, 0.15) is 35.9 Å². The maximum Gasteiger partial charge on any atom is 0.238 e. The molecule has 0 saturated heterocycles. The normalized spacial score (nSPS) is 11.1. The SMILES string of the molecule is CCCn1nnnc1CN(C)CC(=O)Nc1c(C)cc(C)cc1C. The molecule has 7 heteroatoms. The summed E-state index contributed by atoms with van der Waals surface area (Å²) in [4.78, 5) is 14.2. The predicted octanol–water partition coefficient (Wildman–Crippen LogP) is 2.08. The van der Waals surface area contributed by atoms with Crippen LogP contribution in [0.15, 0.2) is 12.1 Å². The fourth-order valence-corrected chi connectivity index (χ4v) is 2.82. The van der Waals surface area contributed by atoms with E-state index in [1.54, 1.807) is 4.68 Å². The van der Waals surface area contributed by atoms with E-state index >= 15 is 0 Å². The van der Waals surface area contributed by atoms with Crippen molar-refractivity contribution in [2.24, 2.45) is 0 Å². The number of hydrogen-bond acceptors (Lipinski definition) is 5. The Morgan fingerprint density at radius 1 is 1.25 bits per heavy atom. The fraction of sp³-hybridized carbons (Fsp3) is 0.529. The molecule has 24 heavy (non-hydrogen) atoms. The van der Waals surface area contributed by atoms with Crippen LogP contribution in [-0.4, -0.2) is 44.6 Å². The summed E-state index contributed by atoms with van der Waals surface area (Å²) in [7, 11) is 1.89. The van der Waals surface area contributed by atoms with Crippen molar-refractivity contribution >= 4 is 11.6 Å². The summed E-state index contributed by atoms with van der Waals surface area (Å²) in [6.07, 6.45) is 0.966. The first-order valence-electron chi connectivity index (χ1n) is 8.22. The van der Waals surface area contributed by atoms with E-state index in [4.69, 9.17) is 0 Å². The number of likely N-dealkylation sites (N-methyl/N-ethyl adjacent to an activating group) is 1. The molecule has 0 atom stereocenters. The third-order valence-electron chi connectivity index (χ3n) is 3.81. The molecule has 0 spiro atoms. The second-order valence-electron chi connectivity index (χ2n) is 6.31.